The molecule has 0 fully saturated rings. The quantitative estimate of drug-likeness (QED) is 0.0412. The summed E-state index contributed by atoms with van der Waals surface area (Å²) in [6, 6.07) is 158. The lowest BCUT2D eigenvalue weighted by atomic mass is 10.0. The summed E-state index contributed by atoms with van der Waals surface area (Å²) in [5.74, 6) is 0. The van der Waals surface area contributed by atoms with Crippen LogP contribution in [-0.4, -0.2) is 16.1 Å². The first-order valence-corrected chi connectivity index (χ1v) is 46.8. The molecule has 122 heavy (non-hydrogen) atoms. The molecule has 2 aromatic heterocycles. The number of para-hydroxylation sites is 2. The monoisotopic (exact) mass is 1780 g/mol. The second-order valence-electron chi connectivity index (χ2n) is 31.2. The molecule has 0 saturated heterocycles. The number of benzene rings is 18. The Balaban J connectivity index is 0.000000143. The molecule has 1 unspecified atom stereocenters. The summed E-state index contributed by atoms with van der Waals surface area (Å²) in [6.45, 7) is 8.66. The summed E-state index contributed by atoms with van der Waals surface area (Å²) in [5.41, 5.74) is 30.4. The lowest BCUT2D eigenvalue weighted by Crippen LogP contribution is -2.74. The van der Waals surface area contributed by atoms with Crippen molar-refractivity contribution in [3.05, 3.63) is 467 Å². The van der Waals surface area contributed by atoms with Crippen molar-refractivity contribution < 1.29 is 8.83 Å². The summed E-state index contributed by atoms with van der Waals surface area (Å²) in [7, 11) is -5.20. The highest BCUT2D eigenvalue weighted by Crippen LogP contribution is 2.40. The van der Waals surface area contributed by atoms with E-state index in [0.717, 1.165) is 105 Å². The molecule has 20 aromatic rings. The van der Waals surface area contributed by atoms with E-state index < -0.39 is 16.1 Å². The van der Waals surface area contributed by atoms with E-state index >= 15 is 0 Å². The zero-order valence-electron chi connectivity index (χ0n) is 67.7. The number of hydrogen-bond acceptors (Lipinski definition) is 5. The van der Waals surface area contributed by atoms with Gasteiger partial charge in [-0.25, -0.2) is 0 Å². The van der Waals surface area contributed by atoms with Gasteiger partial charge in [0.25, 0.3) is 0 Å². The molecule has 0 saturated carbocycles. The van der Waals surface area contributed by atoms with Gasteiger partial charge >= 0.3 is 0 Å². The van der Waals surface area contributed by atoms with Crippen molar-refractivity contribution in [3.8, 4) is 44.5 Å². The molecule has 0 amide bonds. The summed E-state index contributed by atoms with van der Waals surface area (Å²) in [4.78, 5) is 2.37. The maximum atomic E-state index is 6.26. The minimum atomic E-state index is -2.73. The van der Waals surface area contributed by atoms with Crippen molar-refractivity contribution in [1.82, 2.24) is 0 Å². The molecule has 20 rings (SSSR count). The summed E-state index contributed by atoms with van der Waals surface area (Å²) >= 11 is 5.98. The highest BCUT2D eigenvalue weighted by Gasteiger charge is 2.43. The van der Waals surface area contributed by atoms with Gasteiger partial charge in [-0.05, 0) is 270 Å². The summed E-state index contributed by atoms with van der Waals surface area (Å²) in [5, 5.41) is 19.0. The van der Waals surface area contributed by atoms with E-state index in [9.17, 15) is 0 Å². The van der Waals surface area contributed by atoms with E-state index in [4.69, 9.17) is 14.6 Å². The molecule has 0 bridgehead atoms. The minimum absolute atomic E-state index is 0. The maximum Gasteiger partial charge on any atom is 0.179 e. The standard InChI is InChI=1S/C57H45NOSi.C30H21NO.C25H21BrINSi.CH4/c1-40-13-30-50(31-14-40)60(51-32-15-41(2)16-33-51,52-34-17-42(3)18-35-52)53-36-28-49(29-37-53)58(47-24-19-44(20-25-47)43-9-5-4-6-10-43)48-26-21-45(22-27-48)46-23-38-55-54-11-7-8-12-56(54)59-57(55)39-46;1-2-6-21(7-3-1)22-10-15-25(16-11-22)31-26-17-12-23(13-18-26)24-14-19-28-27-8-4-5-9-29(27)32-30(28)20-24;1-18-2-10-22(11-3-18)29(23-12-4-19(26)5-13-23,24-14-6-20(27)7-15-24)25-16-8-21(28)9-17-25;/h4-39H,1-3H3;1-20,31H;2-17H,28H2,1H3;1H4. The number of fused-ring (bicyclic) bond motifs is 6. The summed E-state index contributed by atoms with van der Waals surface area (Å²) < 4.78 is 14.6. The number of rotatable bonds is 17. The SMILES string of the molecule is C.Cc1ccc([Si](c2ccc(C)cc2)(c2ccc(C)cc2)c2ccc(N(c3ccc(-c4ccccc4)cc3)c3ccc(-c4ccc5c(c4)oc4ccccc45)cc3)cc2)cc1.Cc1ccc([Si](c2ccc(N)cc2)(c2ccc(Br)cc2)c2ccc(I)cc2)cc1.c1ccc(-c2ccc(Nc3ccc(-c4ccc5c(c4)oc4ccccc45)cc3)cc2)cc1. The Hall–Kier alpha value is -13.4. The second kappa shape index (κ2) is 35.9. The molecular formula is C113H91BrIN3O2Si2. The molecular weight excluding hydrogens is 1690 g/mol. The number of nitrogens with zero attached hydrogens (tertiary/aromatic N) is 1. The molecule has 0 aliphatic carbocycles. The van der Waals surface area contributed by atoms with Crippen LogP contribution in [0.3, 0.4) is 0 Å². The van der Waals surface area contributed by atoms with Crippen LogP contribution >= 0.6 is 38.5 Å². The van der Waals surface area contributed by atoms with Crippen molar-refractivity contribution >= 4 is 174 Å². The fraction of sp³-hybridized carbons (Fsp3) is 0.0442. The number of nitrogen functional groups attached to an aromatic ring is 1. The molecule has 592 valence electrons. The van der Waals surface area contributed by atoms with Crippen LogP contribution in [-0.2, 0) is 0 Å². The number of aryl methyl sites for hydroxylation is 4. The maximum absolute atomic E-state index is 6.26. The Morgan fingerprint density at radius 3 is 0.869 bits per heavy atom. The molecule has 0 radical (unpaired) electrons. The van der Waals surface area contributed by atoms with Crippen LogP contribution in [0.1, 0.15) is 29.7 Å². The van der Waals surface area contributed by atoms with E-state index in [1.807, 2.05) is 48.5 Å². The van der Waals surface area contributed by atoms with Crippen LogP contribution in [0.15, 0.2) is 450 Å². The van der Waals surface area contributed by atoms with Crippen molar-refractivity contribution in [2.24, 2.45) is 0 Å². The lowest BCUT2D eigenvalue weighted by Gasteiger charge is -2.35. The minimum Gasteiger partial charge on any atom is -0.456 e. The molecule has 3 N–H and O–H groups in total. The van der Waals surface area contributed by atoms with Crippen LogP contribution < -0.4 is 57.4 Å². The smallest absolute Gasteiger partial charge is 0.179 e. The van der Waals surface area contributed by atoms with E-state index in [1.54, 1.807) is 0 Å². The second-order valence-corrected chi connectivity index (χ2v) is 41.0. The lowest BCUT2D eigenvalue weighted by molar-refractivity contribution is 0.668. The highest BCUT2D eigenvalue weighted by molar-refractivity contribution is 14.1. The number of nitrogens with one attached hydrogen (secondary N) is 1. The first kappa shape index (κ1) is 81.0. The van der Waals surface area contributed by atoms with Crippen LogP contribution in [0.5, 0.6) is 0 Å². The van der Waals surface area contributed by atoms with Crippen LogP contribution in [0, 0.1) is 31.3 Å². The Morgan fingerprint density at radius 2 is 0.516 bits per heavy atom. The van der Waals surface area contributed by atoms with Gasteiger partial charge in [0.15, 0.2) is 16.1 Å². The van der Waals surface area contributed by atoms with Crippen molar-refractivity contribution in [2.75, 3.05) is 16.0 Å². The largest absolute Gasteiger partial charge is 0.456 e. The Kier molecular flexibility index (Phi) is 23.8. The molecule has 0 spiro atoms. The van der Waals surface area contributed by atoms with Crippen LogP contribution in [0.4, 0.5) is 34.1 Å². The molecule has 5 nitrogen and oxygen atoms in total. The average Bonchev–Trinajstić information content (AvgIpc) is 1.15. The zero-order valence-corrected chi connectivity index (χ0v) is 73.4. The van der Waals surface area contributed by atoms with Gasteiger partial charge in [0, 0.05) is 63.7 Å². The van der Waals surface area contributed by atoms with Crippen LogP contribution in [0.2, 0.25) is 0 Å². The highest BCUT2D eigenvalue weighted by atomic mass is 127. The third-order valence-electron chi connectivity index (χ3n) is 23.3. The van der Waals surface area contributed by atoms with Crippen LogP contribution in [0.25, 0.3) is 88.4 Å². The number of halogens is 2. The molecule has 9 heteroatoms. The third-order valence-corrected chi connectivity index (χ3v) is 34.2. The first-order chi connectivity index (χ1) is 59.3. The van der Waals surface area contributed by atoms with Gasteiger partial charge in [-0.3, -0.25) is 0 Å². The van der Waals surface area contributed by atoms with E-state index in [2.05, 4.69) is 465 Å². The van der Waals surface area contributed by atoms with E-state index in [-0.39, 0.29) is 7.43 Å². The fourth-order valence-electron chi connectivity index (χ4n) is 17.0. The molecule has 2 heterocycles. The Labute approximate surface area is 739 Å². The first-order valence-electron chi connectivity index (χ1n) is 41.0. The molecule has 0 aliphatic rings. The van der Waals surface area contributed by atoms with Gasteiger partial charge in [0.1, 0.15) is 22.3 Å². The van der Waals surface area contributed by atoms with Gasteiger partial charge in [0.05, 0.1) is 0 Å². The molecule has 0 aliphatic heterocycles. The topological polar surface area (TPSA) is 67.6 Å². The normalized spacial score (nSPS) is 11.7. The zero-order chi connectivity index (χ0) is 82.4. The number of furan rings is 2. The van der Waals surface area contributed by atoms with Gasteiger partial charge in [-0.15, -0.1) is 0 Å². The van der Waals surface area contributed by atoms with Crippen molar-refractivity contribution in [2.45, 2.75) is 35.1 Å². The van der Waals surface area contributed by atoms with Gasteiger partial charge in [-0.1, -0.05) is 349 Å². The van der Waals surface area contributed by atoms with E-state index in [0.29, 0.717) is 0 Å². The third kappa shape index (κ3) is 16.7. The number of anilines is 6. The van der Waals surface area contributed by atoms with Gasteiger partial charge in [-0.2, -0.15) is 0 Å². The fourth-order valence-corrected chi connectivity index (χ4v) is 26.9. The predicted molar refractivity (Wildman–Crippen MR) is 538 cm³/mol. The summed E-state index contributed by atoms with van der Waals surface area (Å²) in [6.07, 6.45) is 0. The number of nitrogens with two attached hydrogens (primary N) is 1. The van der Waals surface area contributed by atoms with E-state index in [1.165, 1.54) is 89.6 Å². The average molecular weight is 1790 g/mol. The van der Waals surface area contributed by atoms with Crippen molar-refractivity contribution in [1.29, 1.82) is 0 Å². The number of hydrogen-bond donors (Lipinski definition) is 2. The predicted octanol–water partition coefficient (Wildman–Crippen LogP) is 26.3. The Bertz CT molecular complexity index is 6650. The van der Waals surface area contributed by atoms with Gasteiger partial charge < -0.3 is 24.8 Å². The van der Waals surface area contributed by atoms with Crippen molar-refractivity contribution in [3.63, 3.8) is 0 Å². The Morgan fingerprint density at radius 1 is 0.262 bits per heavy atom. The molecule has 1 atom stereocenters. The van der Waals surface area contributed by atoms with Gasteiger partial charge in [0.2, 0.25) is 0 Å². The molecule has 18 aromatic carbocycles.